The van der Waals surface area contributed by atoms with Gasteiger partial charge in [0.1, 0.15) is 28.0 Å². The summed E-state index contributed by atoms with van der Waals surface area (Å²) in [4.78, 5) is 22.9. The van der Waals surface area contributed by atoms with E-state index in [0.29, 0.717) is 13.1 Å². The predicted octanol–water partition coefficient (Wildman–Crippen LogP) is 6.28. The average Bonchev–Trinajstić information content (AvgIpc) is 3.60. The van der Waals surface area contributed by atoms with Gasteiger partial charge in [-0.15, -0.1) is 11.3 Å². The Morgan fingerprint density at radius 1 is 1.03 bits per heavy atom. The van der Waals surface area contributed by atoms with Crippen molar-refractivity contribution in [2.45, 2.75) is 19.5 Å². The molecule has 0 atom stereocenters. The monoisotopic (exact) mass is 544 g/mol. The maximum Gasteiger partial charge on any atom is 0.275 e. The second-order valence-electron chi connectivity index (χ2n) is 9.06. The molecule has 0 saturated carbocycles. The number of aromatic nitrogens is 2. The third kappa shape index (κ3) is 6.27. The van der Waals surface area contributed by atoms with Gasteiger partial charge < -0.3 is 19.8 Å². The molecule has 2 aromatic heterocycles. The number of nitrogens with one attached hydrogen (secondary N) is 2. The number of H-pyrrole nitrogens is 1. The Bertz CT molecular complexity index is 1580. The molecule has 0 bridgehead atoms. The summed E-state index contributed by atoms with van der Waals surface area (Å²) in [6.07, 6.45) is 2.89. The lowest BCUT2D eigenvalue weighted by Crippen LogP contribution is -2.25. The van der Waals surface area contributed by atoms with Gasteiger partial charge in [0.15, 0.2) is 0 Å². The maximum absolute atomic E-state index is 14.0. The molecule has 0 radical (unpaired) electrons. The molecule has 2 heterocycles. The Balaban J connectivity index is 1.34. The Hall–Kier alpha value is -4.21. The quantitative estimate of drug-likeness (QED) is 0.205. The number of hydrogen-bond acceptors (Lipinski definition) is 6. The molecule has 0 aliphatic rings. The van der Waals surface area contributed by atoms with Crippen molar-refractivity contribution in [2.75, 3.05) is 26.1 Å². The number of carbonyl (C=O) groups excluding carboxylic acids is 1. The van der Waals surface area contributed by atoms with E-state index in [0.717, 1.165) is 40.6 Å². The van der Waals surface area contributed by atoms with E-state index in [1.807, 2.05) is 30.3 Å². The fraction of sp³-hybridized carbons (Fsp3) is 0.200. The van der Waals surface area contributed by atoms with Crippen LogP contribution in [0.1, 0.15) is 26.6 Å². The summed E-state index contributed by atoms with van der Waals surface area (Å²) < 4.78 is 25.0. The molecule has 7 nitrogen and oxygen atoms in total. The molecule has 2 N–H and O–H groups in total. The standard InChI is InChI=1S/C30H29FN4O3S/c1-37-22-12-11-21(28(15-22)38-2)17-35(14-13-20-16-32-25-9-5-3-7-23(20)25)18-29-33-27(19-39-29)30(36)34-26-10-6-4-8-24(26)31/h3-12,15-16,19,32H,13-14,17-18H2,1-2H3,(H,34,36). The molecule has 0 aliphatic heterocycles. The lowest BCUT2D eigenvalue weighted by molar-refractivity contribution is 0.102. The molecule has 0 fully saturated rings. The van der Waals surface area contributed by atoms with Gasteiger partial charge in [-0.25, -0.2) is 9.37 Å². The summed E-state index contributed by atoms with van der Waals surface area (Å²) in [6, 6.07) is 20.1. The van der Waals surface area contributed by atoms with Crippen molar-refractivity contribution in [2.24, 2.45) is 0 Å². The third-order valence-electron chi connectivity index (χ3n) is 6.53. The molecule has 200 valence electrons. The molecule has 0 aliphatic carbocycles. The predicted molar refractivity (Wildman–Crippen MR) is 152 cm³/mol. The zero-order valence-electron chi connectivity index (χ0n) is 21.7. The summed E-state index contributed by atoms with van der Waals surface area (Å²) in [7, 11) is 3.28. The molecule has 5 rings (SSSR count). The first kappa shape index (κ1) is 26.4. The number of benzene rings is 3. The normalized spacial score (nSPS) is 11.2. The van der Waals surface area contributed by atoms with E-state index in [2.05, 4.69) is 38.5 Å². The van der Waals surface area contributed by atoms with Crippen LogP contribution in [-0.2, 0) is 19.5 Å². The first-order valence-electron chi connectivity index (χ1n) is 12.5. The van der Waals surface area contributed by atoms with Crippen molar-refractivity contribution in [3.8, 4) is 11.5 Å². The Labute approximate surface area is 230 Å². The van der Waals surface area contributed by atoms with Crippen LogP contribution in [0.25, 0.3) is 10.9 Å². The van der Waals surface area contributed by atoms with E-state index in [1.54, 1.807) is 31.7 Å². The number of thiazole rings is 1. The summed E-state index contributed by atoms with van der Waals surface area (Å²) in [6.45, 7) is 1.91. The van der Waals surface area contributed by atoms with Gasteiger partial charge in [0.25, 0.3) is 5.91 Å². The fourth-order valence-corrected chi connectivity index (χ4v) is 5.30. The smallest absolute Gasteiger partial charge is 0.275 e. The number of nitrogens with zero attached hydrogens (tertiary/aromatic N) is 2. The van der Waals surface area contributed by atoms with Gasteiger partial charge >= 0.3 is 0 Å². The van der Waals surface area contributed by atoms with E-state index >= 15 is 0 Å². The number of fused-ring (bicyclic) bond motifs is 1. The second kappa shape index (κ2) is 12.1. The van der Waals surface area contributed by atoms with E-state index in [9.17, 15) is 9.18 Å². The molecule has 0 saturated heterocycles. The van der Waals surface area contributed by atoms with Crippen LogP contribution >= 0.6 is 11.3 Å². The molecular weight excluding hydrogens is 515 g/mol. The maximum atomic E-state index is 14.0. The number of halogens is 1. The molecular formula is C30H29FN4O3S. The summed E-state index contributed by atoms with van der Waals surface area (Å²) in [5, 5.41) is 6.31. The van der Waals surface area contributed by atoms with Crippen molar-refractivity contribution < 1.29 is 18.7 Å². The van der Waals surface area contributed by atoms with E-state index in [4.69, 9.17) is 9.47 Å². The van der Waals surface area contributed by atoms with Crippen LogP contribution in [0.3, 0.4) is 0 Å². The van der Waals surface area contributed by atoms with Crippen LogP contribution in [0.2, 0.25) is 0 Å². The SMILES string of the molecule is COc1ccc(CN(CCc2c[nH]c3ccccc23)Cc2nc(C(=O)Nc3ccccc3F)cs2)c(OC)c1. The van der Waals surface area contributed by atoms with Gasteiger partial charge in [0.05, 0.1) is 26.5 Å². The van der Waals surface area contributed by atoms with E-state index in [-0.39, 0.29) is 11.4 Å². The van der Waals surface area contributed by atoms with Crippen LogP contribution in [0.5, 0.6) is 11.5 Å². The van der Waals surface area contributed by atoms with Crippen molar-refractivity contribution in [1.29, 1.82) is 0 Å². The summed E-state index contributed by atoms with van der Waals surface area (Å²) in [5.74, 6) is 0.546. The molecule has 39 heavy (non-hydrogen) atoms. The minimum absolute atomic E-state index is 0.129. The van der Waals surface area contributed by atoms with E-state index < -0.39 is 11.7 Å². The van der Waals surface area contributed by atoms with Crippen molar-refractivity contribution in [3.05, 3.63) is 106 Å². The van der Waals surface area contributed by atoms with Gasteiger partial charge in [-0.2, -0.15) is 0 Å². The number of para-hydroxylation sites is 2. The molecule has 3 aromatic carbocycles. The zero-order chi connectivity index (χ0) is 27.2. The number of anilines is 1. The number of ether oxygens (including phenoxy) is 2. The van der Waals surface area contributed by atoms with Crippen molar-refractivity contribution in [1.82, 2.24) is 14.9 Å². The molecule has 5 aromatic rings. The van der Waals surface area contributed by atoms with Gasteiger partial charge in [-0.1, -0.05) is 36.4 Å². The fourth-order valence-electron chi connectivity index (χ4n) is 4.48. The Morgan fingerprint density at radius 2 is 1.85 bits per heavy atom. The van der Waals surface area contributed by atoms with E-state index in [1.165, 1.54) is 34.4 Å². The molecule has 1 amide bonds. The number of hydrogen-bond donors (Lipinski definition) is 2. The molecule has 0 spiro atoms. The number of amides is 1. The first-order chi connectivity index (χ1) is 19.0. The number of carbonyl (C=O) groups is 1. The van der Waals surface area contributed by atoms with Crippen LogP contribution in [0.15, 0.2) is 78.3 Å². The third-order valence-corrected chi connectivity index (χ3v) is 7.36. The number of aromatic amines is 1. The highest BCUT2D eigenvalue weighted by Gasteiger charge is 2.17. The molecule has 9 heteroatoms. The minimum Gasteiger partial charge on any atom is -0.497 e. The van der Waals surface area contributed by atoms with Crippen LogP contribution in [0, 0.1) is 5.82 Å². The molecule has 0 unspecified atom stereocenters. The Kier molecular flexibility index (Phi) is 8.19. The topological polar surface area (TPSA) is 79.5 Å². The highest BCUT2D eigenvalue weighted by atomic mass is 32.1. The Morgan fingerprint density at radius 3 is 2.67 bits per heavy atom. The zero-order valence-corrected chi connectivity index (χ0v) is 22.6. The highest BCUT2D eigenvalue weighted by molar-refractivity contribution is 7.09. The van der Waals surface area contributed by atoms with Crippen LogP contribution in [0.4, 0.5) is 10.1 Å². The number of methoxy groups -OCH3 is 2. The average molecular weight is 545 g/mol. The largest absolute Gasteiger partial charge is 0.497 e. The lowest BCUT2D eigenvalue weighted by Gasteiger charge is -2.22. The van der Waals surface area contributed by atoms with Crippen molar-refractivity contribution >= 4 is 33.8 Å². The number of rotatable bonds is 11. The highest BCUT2D eigenvalue weighted by Crippen LogP contribution is 2.27. The van der Waals surface area contributed by atoms with Crippen molar-refractivity contribution in [3.63, 3.8) is 0 Å². The lowest BCUT2D eigenvalue weighted by atomic mass is 10.1. The van der Waals surface area contributed by atoms with Gasteiger partial charge in [-0.05, 0) is 36.2 Å². The van der Waals surface area contributed by atoms with Gasteiger partial charge in [0.2, 0.25) is 0 Å². The summed E-state index contributed by atoms with van der Waals surface area (Å²) >= 11 is 1.41. The van der Waals surface area contributed by atoms with Crippen LogP contribution in [-0.4, -0.2) is 41.5 Å². The summed E-state index contributed by atoms with van der Waals surface area (Å²) in [5.41, 5.74) is 3.76. The minimum atomic E-state index is -0.488. The van der Waals surface area contributed by atoms with Crippen LogP contribution < -0.4 is 14.8 Å². The van der Waals surface area contributed by atoms with Gasteiger partial charge in [0, 0.05) is 47.2 Å². The second-order valence-corrected chi connectivity index (χ2v) is 10.0. The van der Waals surface area contributed by atoms with Gasteiger partial charge in [-0.3, -0.25) is 9.69 Å². The first-order valence-corrected chi connectivity index (χ1v) is 13.4.